The van der Waals surface area contributed by atoms with Gasteiger partial charge < -0.3 is 10.6 Å². The predicted octanol–water partition coefficient (Wildman–Crippen LogP) is 2.26. The van der Waals surface area contributed by atoms with Gasteiger partial charge in [-0.15, -0.1) is 15.3 Å². The molecule has 1 atom stereocenters. The number of rotatable bonds is 5. The van der Waals surface area contributed by atoms with E-state index in [-0.39, 0.29) is 17.4 Å². The van der Waals surface area contributed by atoms with Crippen LogP contribution in [0.15, 0.2) is 42.5 Å². The van der Waals surface area contributed by atoms with Crippen LogP contribution in [0.2, 0.25) is 0 Å². The fourth-order valence-electron chi connectivity index (χ4n) is 2.27. The highest BCUT2D eigenvalue weighted by atomic mass is 19.4. The summed E-state index contributed by atoms with van der Waals surface area (Å²) >= 11 is 0. The van der Waals surface area contributed by atoms with Crippen LogP contribution in [0.4, 0.5) is 19.0 Å². The molecule has 3 aromatic rings. The van der Waals surface area contributed by atoms with Crippen molar-refractivity contribution in [3.05, 3.63) is 53.9 Å². The number of fused-ring (bicyclic) bond motifs is 1. The lowest BCUT2D eigenvalue weighted by Gasteiger charge is -2.15. The van der Waals surface area contributed by atoms with E-state index in [0.29, 0.717) is 11.1 Å². The molecular weight excluding hydrogens is 349 g/mol. The maximum atomic E-state index is 12.9. The molecule has 1 aromatic carbocycles. The monoisotopic (exact) mass is 364 g/mol. The molecule has 0 aliphatic rings. The van der Waals surface area contributed by atoms with Crippen LogP contribution >= 0.6 is 0 Å². The van der Waals surface area contributed by atoms with Gasteiger partial charge in [0.25, 0.3) is 5.82 Å². The Hall–Kier alpha value is -3.17. The van der Waals surface area contributed by atoms with Crippen molar-refractivity contribution in [3.63, 3.8) is 0 Å². The molecule has 0 fully saturated rings. The van der Waals surface area contributed by atoms with Gasteiger partial charge in [0.1, 0.15) is 11.9 Å². The van der Waals surface area contributed by atoms with E-state index in [2.05, 4.69) is 25.9 Å². The standard InChI is InChI=1S/C16H15F3N6O/c1-10(14(26)20-9-11-5-3-2-4-6-11)21-12-7-8-13-22-23-15(16(17,18)19)25(13)24-12/h2-8,10H,9H2,1H3,(H,20,26)(H,21,24). The number of nitrogens with one attached hydrogen (secondary N) is 2. The minimum Gasteiger partial charge on any atom is -0.357 e. The Kier molecular flexibility index (Phi) is 4.74. The highest BCUT2D eigenvalue weighted by molar-refractivity contribution is 5.83. The first-order valence-corrected chi connectivity index (χ1v) is 7.72. The van der Waals surface area contributed by atoms with Crippen LogP contribution in [0, 0.1) is 0 Å². The van der Waals surface area contributed by atoms with E-state index < -0.39 is 18.0 Å². The lowest BCUT2D eigenvalue weighted by Crippen LogP contribution is -2.37. The van der Waals surface area contributed by atoms with Gasteiger partial charge in [-0.05, 0) is 24.6 Å². The molecular formula is C16H15F3N6O. The summed E-state index contributed by atoms with van der Waals surface area (Å²) in [5, 5.41) is 15.9. The van der Waals surface area contributed by atoms with Crippen LogP contribution in [0.3, 0.4) is 0 Å². The summed E-state index contributed by atoms with van der Waals surface area (Å²) in [6, 6.07) is 11.4. The summed E-state index contributed by atoms with van der Waals surface area (Å²) in [5.41, 5.74) is 0.899. The number of benzene rings is 1. The molecule has 2 aromatic heterocycles. The van der Waals surface area contributed by atoms with E-state index >= 15 is 0 Å². The first kappa shape index (κ1) is 17.6. The zero-order valence-corrected chi connectivity index (χ0v) is 13.7. The summed E-state index contributed by atoms with van der Waals surface area (Å²) in [7, 11) is 0. The quantitative estimate of drug-likeness (QED) is 0.726. The Bertz CT molecular complexity index is 909. The van der Waals surface area contributed by atoms with Crippen molar-refractivity contribution in [3.8, 4) is 0 Å². The second-order valence-electron chi connectivity index (χ2n) is 5.58. The second-order valence-corrected chi connectivity index (χ2v) is 5.58. The highest BCUT2D eigenvalue weighted by Gasteiger charge is 2.37. The molecule has 0 saturated heterocycles. The zero-order chi connectivity index (χ0) is 18.7. The topological polar surface area (TPSA) is 84.2 Å². The average molecular weight is 364 g/mol. The number of amides is 1. The molecule has 2 N–H and O–H groups in total. The Balaban J connectivity index is 1.68. The van der Waals surface area contributed by atoms with Crippen molar-refractivity contribution in [2.75, 3.05) is 5.32 Å². The molecule has 0 bridgehead atoms. The van der Waals surface area contributed by atoms with E-state index in [9.17, 15) is 18.0 Å². The van der Waals surface area contributed by atoms with Crippen LogP contribution in [0.1, 0.15) is 18.3 Å². The fourth-order valence-corrected chi connectivity index (χ4v) is 2.27. The van der Waals surface area contributed by atoms with Crippen LogP contribution in [0.25, 0.3) is 5.65 Å². The van der Waals surface area contributed by atoms with Gasteiger partial charge in [-0.25, -0.2) is 0 Å². The number of aromatic nitrogens is 4. The lowest BCUT2D eigenvalue weighted by molar-refractivity contribution is -0.146. The van der Waals surface area contributed by atoms with Gasteiger partial charge in [0.2, 0.25) is 5.91 Å². The maximum absolute atomic E-state index is 12.9. The average Bonchev–Trinajstić information content (AvgIpc) is 3.04. The number of alkyl halides is 3. The van der Waals surface area contributed by atoms with Crippen molar-refractivity contribution in [2.24, 2.45) is 0 Å². The van der Waals surface area contributed by atoms with Crippen molar-refractivity contribution < 1.29 is 18.0 Å². The molecule has 3 rings (SSSR count). The Labute approximate surface area is 146 Å². The molecule has 2 heterocycles. The third-order valence-corrected chi connectivity index (χ3v) is 3.58. The second kappa shape index (κ2) is 6.98. The van der Waals surface area contributed by atoms with Crippen molar-refractivity contribution in [2.45, 2.75) is 25.7 Å². The molecule has 1 amide bonds. The molecule has 136 valence electrons. The molecule has 26 heavy (non-hydrogen) atoms. The Morgan fingerprint density at radius 1 is 1.15 bits per heavy atom. The number of anilines is 1. The van der Waals surface area contributed by atoms with Gasteiger partial charge in [0.15, 0.2) is 5.65 Å². The van der Waals surface area contributed by atoms with E-state index in [4.69, 9.17) is 0 Å². The molecule has 0 radical (unpaired) electrons. The molecule has 7 nitrogen and oxygen atoms in total. The van der Waals surface area contributed by atoms with Gasteiger partial charge in [0.05, 0.1) is 0 Å². The third-order valence-electron chi connectivity index (χ3n) is 3.58. The summed E-state index contributed by atoms with van der Waals surface area (Å²) in [6.07, 6.45) is -4.68. The minimum absolute atomic E-state index is 0.0379. The molecule has 10 heteroatoms. The summed E-state index contributed by atoms with van der Waals surface area (Å²) < 4.78 is 39.3. The van der Waals surface area contributed by atoms with E-state index in [1.807, 2.05) is 30.3 Å². The Morgan fingerprint density at radius 2 is 1.88 bits per heavy atom. The number of hydrogen-bond donors (Lipinski definition) is 2. The molecule has 0 aliphatic heterocycles. The lowest BCUT2D eigenvalue weighted by atomic mass is 10.2. The Morgan fingerprint density at radius 3 is 2.58 bits per heavy atom. The first-order chi connectivity index (χ1) is 12.3. The summed E-state index contributed by atoms with van der Waals surface area (Å²) in [6.45, 7) is 1.94. The maximum Gasteiger partial charge on any atom is 0.453 e. The van der Waals surface area contributed by atoms with Gasteiger partial charge in [0, 0.05) is 6.54 Å². The van der Waals surface area contributed by atoms with Gasteiger partial charge in [-0.1, -0.05) is 30.3 Å². The van der Waals surface area contributed by atoms with Crippen LogP contribution < -0.4 is 10.6 Å². The van der Waals surface area contributed by atoms with Crippen LogP contribution in [0.5, 0.6) is 0 Å². The van der Waals surface area contributed by atoms with Crippen LogP contribution in [-0.2, 0) is 17.5 Å². The van der Waals surface area contributed by atoms with E-state index in [1.54, 1.807) is 6.92 Å². The predicted molar refractivity (Wildman–Crippen MR) is 87.2 cm³/mol. The molecule has 0 saturated carbocycles. The molecule has 0 spiro atoms. The highest BCUT2D eigenvalue weighted by Crippen LogP contribution is 2.27. The normalized spacial score (nSPS) is 12.8. The number of carbonyl (C=O) groups excluding carboxylic acids is 1. The van der Waals surface area contributed by atoms with Gasteiger partial charge in [-0.2, -0.15) is 17.7 Å². The van der Waals surface area contributed by atoms with E-state index in [1.165, 1.54) is 12.1 Å². The van der Waals surface area contributed by atoms with Gasteiger partial charge in [-0.3, -0.25) is 4.79 Å². The summed E-state index contributed by atoms with van der Waals surface area (Å²) in [4.78, 5) is 12.1. The number of halogens is 3. The number of carbonyl (C=O) groups is 1. The summed E-state index contributed by atoms with van der Waals surface area (Å²) in [5.74, 6) is -1.43. The fraction of sp³-hybridized carbons (Fsp3) is 0.250. The van der Waals surface area contributed by atoms with Crippen molar-refractivity contribution in [1.29, 1.82) is 0 Å². The number of hydrogen-bond acceptors (Lipinski definition) is 5. The number of nitrogens with zero attached hydrogens (tertiary/aromatic N) is 4. The third kappa shape index (κ3) is 3.90. The SMILES string of the molecule is CC(Nc1ccc2nnc(C(F)(F)F)n2n1)C(=O)NCc1ccccc1. The van der Waals surface area contributed by atoms with Crippen molar-refractivity contribution >= 4 is 17.4 Å². The van der Waals surface area contributed by atoms with Gasteiger partial charge >= 0.3 is 6.18 Å². The molecule has 1 unspecified atom stereocenters. The minimum atomic E-state index is -4.68. The van der Waals surface area contributed by atoms with E-state index in [0.717, 1.165) is 5.56 Å². The smallest absolute Gasteiger partial charge is 0.357 e. The largest absolute Gasteiger partial charge is 0.453 e. The molecule has 0 aliphatic carbocycles. The van der Waals surface area contributed by atoms with Crippen LogP contribution in [-0.4, -0.2) is 31.8 Å². The first-order valence-electron chi connectivity index (χ1n) is 7.72. The van der Waals surface area contributed by atoms with Crippen molar-refractivity contribution in [1.82, 2.24) is 25.1 Å². The zero-order valence-electron chi connectivity index (χ0n) is 13.7.